The zero-order valence-electron chi connectivity index (χ0n) is 13.0. The lowest BCUT2D eigenvalue weighted by atomic mass is 9.69. The maximum atomic E-state index is 3.77. The number of aryl methyl sites for hydroxylation is 1. The monoisotopic (exact) mass is 279 g/mol. The Morgan fingerprint density at radius 2 is 1.95 bits per heavy atom. The number of rotatable bonds is 5. The van der Waals surface area contributed by atoms with E-state index in [0.29, 0.717) is 5.41 Å². The van der Waals surface area contributed by atoms with E-state index in [1.54, 1.807) is 0 Å². The molecule has 1 saturated carbocycles. The quantitative estimate of drug-likeness (QED) is 0.787. The minimum atomic E-state index is 0.537. The maximum absolute atomic E-state index is 3.77. The van der Waals surface area contributed by atoms with E-state index in [-0.39, 0.29) is 0 Å². The van der Waals surface area contributed by atoms with Crippen LogP contribution in [0.4, 0.5) is 0 Å². The molecule has 2 heteroatoms. The Morgan fingerprint density at radius 3 is 2.47 bits per heavy atom. The first-order valence-electron chi connectivity index (χ1n) is 7.79. The average Bonchev–Trinajstić information content (AvgIpc) is 2.82. The van der Waals surface area contributed by atoms with E-state index in [0.717, 1.165) is 18.5 Å². The van der Waals surface area contributed by atoms with Crippen molar-refractivity contribution in [2.24, 2.45) is 11.3 Å². The van der Waals surface area contributed by atoms with Crippen LogP contribution in [0.3, 0.4) is 0 Å². The zero-order valence-corrected chi connectivity index (χ0v) is 13.8. The van der Waals surface area contributed by atoms with Crippen molar-refractivity contribution in [2.75, 3.05) is 0 Å². The minimum Gasteiger partial charge on any atom is -0.309 e. The number of hydrogen-bond acceptors (Lipinski definition) is 2. The Hall–Kier alpha value is -0.340. The third-order valence-corrected chi connectivity index (χ3v) is 6.29. The molecule has 19 heavy (non-hydrogen) atoms. The standard InChI is InChI=1S/C17H29NS/c1-5-17(3,4)14-6-8-15(9-7-14)18-12-16-13(2)10-11-19-16/h10-11,14-15,18H,5-9,12H2,1-4H3. The van der Waals surface area contributed by atoms with Gasteiger partial charge in [0, 0.05) is 17.5 Å². The van der Waals surface area contributed by atoms with Crippen molar-refractivity contribution in [3.05, 3.63) is 21.9 Å². The highest BCUT2D eigenvalue weighted by molar-refractivity contribution is 7.10. The van der Waals surface area contributed by atoms with E-state index >= 15 is 0 Å². The van der Waals surface area contributed by atoms with E-state index in [1.165, 1.54) is 42.5 Å². The molecule has 0 saturated heterocycles. The third-order valence-electron chi connectivity index (χ3n) is 5.26. The summed E-state index contributed by atoms with van der Waals surface area (Å²) in [5.41, 5.74) is 1.98. The molecular weight excluding hydrogens is 250 g/mol. The molecule has 0 bridgehead atoms. The van der Waals surface area contributed by atoms with E-state index in [9.17, 15) is 0 Å². The smallest absolute Gasteiger partial charge is 0.0304 e. The molecule has 1 aromatic rings. The lowest BCUT2D eigenvalue weighted by molar-refractivity contribution is 0.137. The van der Waals surface area contributed by atoms with E-state index in [1.807, 2.05) is 11.3 Å². The minimum absolute atomic E-state index is 0.537. The van der Waals surface area contributed by atoms with Crippen LogP contribution >= 0.6 is 11.3 Å². The van der Waals surface area contributed by atoms with Crippen molar-refractivity contribution < 1.29 is 0 Å². The van der Waals surface area contributed by atoms with Crippen LogP contribution in [0.25, 0.3) is 0 Å². The van der Waals surface area contributed by atoms with Crippen LogP contribution in [0, 0.1) is 18.3 Å². The van der Waals surface area contributed by atoms with Crippen LogP contribution in [-0.2, 0) is 6.54 Å². The molecule has 1 aromatic heterocycles. The summed E-state index contributed by atoms with van der Waals surface area (Å²) in [6.07, 6.45) is 6.84. The number of thiophene rings is 1. The van der Waals surface area contributed by atoms with Gasteiger partial charge in [-0.15, -0.1) is 11.3 Å². The molecule has 0 aromatic carbocycles. The molecule has 0 aliphatic heterocycles. The Kier molecular flexibility index (Phi) is 5.08. The fourth-order valence-corrected chi connectivity index (χ4v) is 4.05. The van der Waals surface area contributed by atoms with Gasteiger partial charge in [0.05, 0.1) is 0 Å². The average molecular weight is 279 g/mol. The molecule has 0 atom stereocenters. The second-order valence-electron chi connectivity index (χ2n) is 6.80. The van der Waals surface area contributed by atoms with Crippen LogP contribution < -0.4 is 5.32 Å². The largest absolute Gasteiger partial charge is 0.309 e. The highest BCUT2D eigenvalue weighted by Gasteiger charge is 2.31. The maximum Gasteiger partial charge on any atom is 0.0304 e. The summed E-state index contributed by atoms with van der Waals surface area (Å²) in [7, 11) is 0. The molecule has 0 unspecified atom stereocenters. The first-order valence-corrected chi connectivity index (χ1v) is 8.67. The van der Waals surface area contributed by atoms with E-state index < -0.39 is 0 Å². The van der Waals surface area contributed by atoms with Gasteiger partial charge in [-0.25, -0.2) is 0 Å². The molecule has 2 rings (SSSR count). The normalized spacial score (nSPS) is 24.6. The van der Waals surface area contributed by atoms with Gasteiger partial charge in [-0.2, -0.15) is 0 Å². The predicted octanol–water partition coefficient (Wildman–Crippen LogP) is 5.14. The van der Waals surface area contributed by atoms with Gasteiger partial charge >= 0.3 is 0 Å². The fraction of sp³-hybridized carbons (Fsp3) is 0.765. The summed E-state index contributed by atoms with van der Waals surface area (Å²) in [5, 5.41) is 5.97. The van der Waals surface area contributed by atoms with Crippen LogP contribution in [0.2, 0.25) is 0 Å². The van der Waals surface area contributed by atoms with Crippen molar-refractivity contribution in [3.8, 4) is 0 Å². The third kappa shape index (κ3) is 3.82. The number of nitrogens with one attached hydrogen (secondary N) is 1. The van der Waals surface area contributed by atoms with Crippen molar-refractivity contribution in [1.82, 2.24) is 5.32 Å². The molecule has 0 radical (unpaired) electrons. The van der Waals surface area contributed by atoms with Crippen molar-refractivity contribution >= 4 is 11.3 Å². The van der Waals surface area contributed by atoms with Gasteiger partial charge in [-0.05, 0) is 60.9 Å². The SMILES string of the molecule is CCC(C)(C)C1CCC(NCc2sccc2C)CC1. The van der Waals surface area contributed by atoms with Gasteiger partial charge in [-0.1, -0.05) is 27.2 Å². The van der Waals surface area contributed by atoms with Crippen LogP contribution in [0.5, 0.6) is 0 Å². The van der Waals surface area contributed by atoms with E-state index in [4.69, 9.17) is 0 Å². The summed E-state index contributed by atoms with van der Waals surface area (Å²) >= 11 is 1.88. The molecule has 1 nitrogen and oxygen atoms in total. The fourth-order valence-electron chi connectivity index (χ4n) is 3.19. The topological polar surface area (TPSA) is 12.0 Å². The van der Waals surface area contributed by atoms with Crippen LogP contribution in [-0.4, -0.2) is 6.04 Å². The molecule has 108 valence electrons. The number of hydrogen-bond donors (Lipinski definition) is 1. The van der Waals surface area contributed by atoms with Crippen molar-refractivity contribution in [1.29, 1.82) is 0 Å². The van der Waals surface area contributed by atoms with Gasteiger partial charge in [0.1, 0.15) is 0 Å². The molecule has 1 heterocycles. The summed E-state index contributed by atoms with van der Waals surface area (Å²) < 4.78 is 0. The lowest BCUT2D eigenvalue weighted by Gasteiger charge is -2.39. The van der Waals surface area contributed by atoms with Gasteiger partial charge in [-0.3, -0.25) is 0 Å². The Labute approximate surface area is 122 Å². The molecule has 0 amide bonds. The van der Waals surface area contributed by atoms with Crippen LogP contribution in [0.15, 0.2) is 11.4 Å². The van der Waals surface area contributed by atoms with Gasteiger partial charge in [0.15, 0.2) is 0 Å². The second-order valence-corrected chi connectivity index (χ2v) is 7.80. The zero-order chi connectivity index (χ0) is 13.9. The molecule has 1 fully saturated rings. The van der Waals surface area contributed by atoms with Crippen LogP contribution in [0.1, 0.15) is 63.3 Å². The van der Waals surface area contributed by atoms with Gasteiger partial charge in [0.25, 0.3) is 0 Å². The predicted molar refractivity (Wildman–Crippen MR) is 85.7 cm³/mol. The second kappa shape index (κ2) is 6.41. The van der Waals surface area contributed by atoms with Gasteiger partial charge < -0.3 is 5.32 Å². The summed E-state index contributed by atoms with van der Waals surface area (Å²) in [6, 6.07) is 2.97. The van der Waals surface area contributed by atoms with E-state index in [2.05, 4.69) is 44.5 Å². The van der Waals surface area contributed by atoms with Crippen molar-refractivity contribution in [2.45, 2.75) is 72.4 Å². The Balaban J connectivity index is 1.76. The first kappa shape index (κ1) is 15.1. The molecule has 1 aliphatic rings. The highest BCUT2D eigenvalue weighted by atomic mass is 32.1. The summed E-state index contributed by atoms with van der Waals surface area (Å²) in [5.74, 6) is 0.930. The summed E-state index contributed by atoms with van der Waals surface area (Å²) in [4.78, 5) is 1.51. The molecule has 1 N–H and O–H groups in total. The summed E-state index contributed by atoms with van der Waals surface area (Å²) in [6.45, 7) is 10.5. The molecular formula is C17H29NS. The Bertz CT molecular complexity index is 386. The molecule has 0 spiro atoms. The lowest BCUT2D eigenvalue weighted by Crippen LogP contribution is -2.36. The highest BCUT2D eigenvalue weighted by Crippen LogP contribution is 2.40. The van der Waals surface area contributed by atoms with Gasteiger partial charge in [0.2, 0.25) is 0 Å². The molecule has 1 aliphatic carbocycles. The Morgan fingerprint density at radius 1 is 1.26 bits per heavy atom. The first-order chi connectivity index (χ1) is 9.03. The van der Waals surface area contributed by atoms with Crippen molar-refractivity contribution in [3.63, 3.8) is 0 Å².